The van der Waals surface area contributed by atoms with E-state index in [9.17, 15) is 9.59 Å². The highest BCUT2D eigenvalue weighted by Crippen LogP contribution is 2.19. The van der Waals surface area contributed by atoms with Gasteiger partial charge in [-0.1, -0.05) is 11.6 Å². The molecule has 1 amide bonds. The van der Waals surface area contributed by atoms with Crippen molar-refractivity contribution in [2.24, 2.45) is 0 Å². The summed E-state index contributed by atoms with van der Waals surface area (Å²) in [4.78, 5) is 23.5. The molecule has 0 aliphatic rings. The van der Waals surface area contributed by atoms with Crippen LogP contribution < -0.4 is 5.32 Å². The first-order chi connectivity index (χ1) is 9.47. The second-order valence-corrected chi connectivity index (χ2v) is 4.67. The van der Waals surface area contributed by atoms with Crippen molar-refractivity contribution in [3.05, 3.63) is 29.3 Å². The highest BCUT2D eigenvalue weighted by atomic mass is 16.5. The topological polar surface area (TPSA) is 64.6 Å². The van der Waals surface area contributed by atoms with Crippen LogP contribution in [-0.4, -0.2) is 32.2 Å². The van der Waals surface area contributed by atoms with Gasteiger partial charge in [-0.25, -0.2) is 4.79 Å². The number of carbonyl (C=O) groups excluding carboxylic acids is 2. The predicted octanol–water partition coefficient (Wildman–Crippen LogP) is 2.54. The van der Waals surface area contributed by atoms with E-state index in [1.807, 2.05) is 19.9 Å². The van der Waals surface area contributed by atoms with E-state index in [1.54, 1.807) is 19.2 Å². The molecular formula is C15H21NO4. The monoisotopic (exact) mass is 279 g/mol. The molecule has 0 aliphatic carbocycles. The first-order valence-corrected chi connectivity index (χ1v) is 6.49. The molecule has 20 heavy (non-hydrogen) atoms. The lowest BCUT2D eigenvalue weighted by Crippen LogP contribution is -2.17. The molecule has 0 radical (unpaired) electrons. The van der Waals surface area contributed by atoms with E-state index in [1.165, 1.54) is 7.11 Å². The zero-order valence-electron chi connectivity index (χ0n) is 12.4. The largest absolute Gasteiger partial charge is 0.465 e. The van der Waals surface area contributed by atoms with Crippen molar-refractivity contribution >= 4 is 17.6 Å². The van der Waals surface area contributed by atoms with Gasteiger partial charge in [0.2, 0.25) is 5.91 Å². The second kappa shape index (κ2) is 7.65. The number of nitrogens with one attached hydrogen (secondary N) is 1. The van der Waals surface area contributed by atoms with E-state index in [-0.39, 0.29) is 12.0 Å². The first kappa shape index (κ1) is 16.2. The molecule has 0 fully saturated rings. The summed E-state index contributed by atoms with van der Waals surface area (Å²) < 4.78 is 9.81. The Balaban J connectivity index is 2.76. The zero-order valence-corrected chi connectivity index (χ0v) is 12.4. The van der Waals surface area contributed by atoms with Gasteiger partial charge in [0, 0.05) is 13.5 Å². The van der Waals surface area contributed by atoms with Crippen molar-refractivity contribution in [1.82, 2.24) is 0 Å². The summed E-state index contributed by atoms with van der Waals surface area (Å²) in [5.74, 6) is -0.614. The number of ether oxygens (including phenoxy) is 2. The zero-order chi connectivity index (χ0) is 15.1. The third-order valence-electron chi connectivity index (χ3n) is 3.03. The molecule has 0 spiro atoms. The van der Waals surface area contributed by atoms with Crippen LogP contribution in [0.15, 0.2) is 18.2 Å². The molecule has 5 nitrogen and oxygen atoms in total. The number of methoxy groups -OCH3 is 2. The number of hydrogen-bond acceptors (Lipinski definition) is 4. The molecule has 0 saturated heterocycles. The number of amides is 1. The van der Waals surface area contributed by atoms with Crippen LogP contribution in [0.5, 0.6) is 0 Å². The van der Waals surface area contributed by atoms with Crippen molar-refractivity contribution in [2.45, 2.75) is 32.8 Å². The molecule has 1 unspecified atom stereocenters. The fourth-order valence-corrected chi connectivity index (χ4v) is 1.71. The van der Waals surface area contributed by atoms with Gasteiger partial charge < -0.3 is 14.8 Å². The maximum atomic E-state index is 11.9. The van der Waals surface area contributed by atoms with E-state index >= 15 is 0 Å². The number of esters is 1. The van der Waals surface area contributed by atoms with Gasteiger partial charge in [0.15, 0.2) is 0 Å². The van der Waals surface area contributed by atoms with Gasteiger partial charge in [-0.05, 0) is 32.4 Å². The standard InChI is InChI=1S/C15H21NO4/c1-10-5-7-13(12(9-10)15(18)20-4)16-14(17)8-6-11(2)19-3/h5,7,9,11H,6,8H2,1-4H3,(H,16,17). The molecule has 1 N–H and O–H groups in total. The third kappa shape index (κ3) is 4.66. The summed E-state index contributed by atoms with van der Waals surface area (Å²) in [7, 11) is 2.93. The van der Waals surface area contributed by atoms with Crippen LogP contribution in [0, 0.1) is 6.92 Å². The molecule has 5 heteroatoms. The summed E-state index contributed by atoms with van der Waals surface area (Å²) in [6.45, 7) is 3.78. The van der Waals surface area contributed by atoms with Crippen molar-refractivity contribution < 1.29 is 19.1 Å². The van der Waals surface area contributed by atoms with E-state index < -0.39 is 5.97 Å². The average Bonchev–Trinajstić information content (AvgIpc) is 2.45. The Labute approximate surface area is 119 Å². The van der Waals surface area contributed by atoms with Crippen LogP contribution in [0.4, 0.5) is 5.69 Å². The molecule has 110 valence electrons. The molecule has 0 bridgehead atoms. The first-order valence-electron chi connectivity index (χ1n) is 6.49. The summed E-state index contributed by atoms with van der Waals surface area (Å²) in [6, 6.07) is 5.23. The van der Waals surface area contributed by atoms with Gasteiger partial charge in [0.05, 0.1) is 24.5 Å². The van der Waals surface area contributed by atoms with Gasteiger partial charge >= 0.3 is 5.97 Å². The summed E-state index contributed by atoms with van der Waals surface area (Å²) in [5, 5.41) is 2.74. The molecule has 0 heterocycles. The fourth-order valence-electron chi connectivity index (χ4n) is 1.71. The molecule has 0 aromatic heterocycles. The third-order valence-corrected chi connectivity index (χ3v) is 3.03. The fraction of sp³-hybridized carbons (Fsp3) is 0.467. The number of rotatable bonds is 6. The molecule has 1 aromatic carbocycles. The van der Waals surface area contributed by atoms with Gasteiger partial charge in [-0.15, -0.1) is 0 Å². The molecule has 0 aliphatic heterocycles. The minimum Gasteiger partial charge on any atom is -0.465 e. The van der Waals surface area contributed by atoms with Crippen molar-refractivity contribution in [2.75, 3.05) is 19.5 Å². The minimum absolute atomic E-state index is 0.0267. The smallest absolute Gasteiger partial charge is 0.339 e. The highest BCUT2D eigenvalue weighted by Gasteiger charge is 2.14. The Bertz CT molecular complexity index is 485. The van der Waals surface area contributed by atoms with Crippen molar-refractivity contribution in [3.63, 3.8) is 0 Å². The molecule has 0 saturated carbocycles. The Kier molecular flexibility index (Phi) is 6.18. The van der Waals surface area contributed by atoms with E-state index in [4.69, 9.17) is 9.47 Å². The molecule has 1 aromatic rings. The van der Waals surface area contributed by atoms with Crippen LogP contribution in [0.1, 0.15) is 35.7 Å². The Morgan fingerprint density at radius 3 is 2.60 bits per heavy atom. The number of anilines is 1. The average molecular weight is 279 g/mol. The number of carbonyl (C=O) groups is 2. The summed E-state index contributed by atoms with van der Waals surface area (Å²) >= 11 is 0. The highest BCUT2D eigenvalue weighted by molar-refractivity contribution is 6.01. The lowest BCUT2D eigenvalue weighted by atomic mass is 10.1. The molecular weight excluding hydrogens is 258 g/mol. The van der Waals surface area contributed by atoms with Crippen molar-refractivity contribution in [3.8, 4) is 0 Å². The normalized spacial score (nSPS) is 11.8. The van der Waals surface area contributed by atoms with Gasteiger partial charge in [-0.2, -0.15) is 0 Å². The van der Waals surface area contributed by atoms with Gasteiger partial charge in [0.1, 0.15) is 0 Å². The summed E-state index contributed by atoms with van der Waals surface area (Å²) in [6.07, 6.45) is 0.990. The molecule has 1 rings (SSSR count). The Morgan fingerprint density at radius 1 is 1.30 bits per heavy atom. The van der Waals surface area contributed by atoms with Gasteiger partial charge in [0.25, 0.3) is 0 Å². The SMILES string of the molecule is COC(=O)c1cc(C)ccc1NC(=O)CCC(C)OC. The lowest BCUT2D eigenvalue weighted by Gasteiger charge is -2.12. The Morgan fingerprint density at radius 2 is 2.00 bits per heavy atom. The number of aryl methyl sites for hydroxylation is 1. The maximum Gasteiger partial charge on any atom is 0.339 e. The predicted molar refractivity (Wildman–Crippen MR) is 76.9 cm³/mol. The van der Waals surface area contributed by atoms with Gasteiger partial charge in [-0.3, -0.25) is 4.79 Å². The second-order valence-electron chi connectivity index (χ2n) is 4.67. The minimum atomic E-state index is -0.464. The van der Waals surface area contributed by atoms with Crippen LogP contribution in [-0.2, 0) is 14.3 Å². The van der Waals surface area contributed by atoms with Crippen LogP contribution in [0.2, 0.25) is 0 Å². The quantitative estimate of drug-likeness (QED) is 0.813. The maximum absolute atomic E-state index is 11.9. The number of benzene rings is 1. The van der Waals surface area contributed by atoms with E-state index in [0.717, 1.165) is 5.56 Å². The summed E-state index contributed by atoms with van der Waals surface area (Å²) in [5.41, 5.74) is 1.76. The Hall–Kier alpha value is -1.88. The number of hydrogen-bond donors (Lipinski definition) is 1. The van der Waals surface area contributed by atoms with Crippen molar-refractivity contribution in [1.29, 1.82) is 0 Å². The lowest BCUT2D eigenvalue weighted by molar-refractivity contribution is -0.116. The van der Waals surface area contributed by atoms with Crippen LogP contribution >= 0.6 is 0 Å². The van der Waals surface area contributed by atoms with E-state index in [2.05, 4.69) is 5.32 Å². The van der Waals surface area contributed by atoms with E-state index in [0.29, 0.717) is 24.1 Å². The van der Waals surface area contributed by atoms with Crippen LogP contribution in [0.3, 0.4) is 0 Å². The molecule has 1 atom stereocenters. The van der Waals surface area contributed by atoms with Crippen LogP contribution in [0.25, 0.3) is 0 Å².